The molecule has 2 amide bonds. The van der Waals surface area contributed by atoms with Crippen molar-refractivity contribution in [3.63, 3.8) is 0 Å². The molecule has 7 heteroatoms. The molecule has 0 spiro atoms. The molecule has 0 saturated carbocycles. The van der Waals surface area contributed by atoms with Gasteiger partial charge in [0.15, 0.2) is 0 Å². The number of aliphatic carboxylic acids is 1. The standard InChI is InChI=1S/C12H14ClFN2O3/c1-6(11(17)18)7(2)15-12(19)16-10-4-3-8(13)5-9(10)14/h3-7H,1-2H3,(H,17,18)(H2,15,16,19). The fourth-order valence-electron chi connectivity index (χ4n) is 1.29. The number of hydrogen-bond acceptors (Lipinski definition) is 2. The van der Waals surface area contributed by atoms with Crippen LogP contribution in [0.1, 0.15) is 13.8 Å². The van der Waals surface area contributed by atoms with Crippen LogP contribution < -0.4 is 10.6 Å². The van der Waals surface area contributed by atoms with E-state index in [2.05, 4.69) is 10.6 Å². The third-order valence-electron chi connectivity index (χ3n) is 2.68. The SMILES string of the molecule is CC(NC(=O)Nc1ccc(Cl)cc1F)C(C)C(=O)O. The summed E-state index contributed by atoms with van der Waals surface area (Å²) in [5.74, 6) is -2.44. The lowest BCUT2D eigenvalue weighted by Gasteiger charge is -2.18. The maximum Gasteiger partial charge on any atom is 0.319 e. The van der Waals surface area contributed by atoms with Gasteiger partial charge in [0, 0.05) is 11.1 Å². The largest absolute Gasteiger partial charge is 0.481 e. The lowest BCUT2D eigenvalue weighted by Crippen LogP contribution is -2.42. The van der Waals surface area contributed by atoms with Crippen LogP contribution in [0.4, 0.5) is 14.9 Å². The summed E-state index contributed by atoms with van der Waals surface area (Å²) in [4.78, 5) is 22.3. The van der Waals surface area contributed by atoms with Gasteiger partial charge in [0.25, 0.3) is 0 Å². The highest BCUT2D eigenvalue weighted by Crippen LogP contribution is 2.18. The Morgan fingerprint density at radius 1 is 1.37 bits per heavy atom. The summed E-state index contributed by atoms with van der Waals surface area (Å²) in [6.45, 7) is 3.02. The van der Waals surface area contributed by atoms with Crippen LogP contribution in [-0.4, -0.2) is 23.1 Å². The topological polar surface area (TPSA) is 78.4 Å². The van der Waals surface area contributed by atoms with Crippen molar-refractivity contribution in [2.45, 2.75) is 19.9 Å². The zero-order valence-corrected chi connectivity index (χ0v) is 11.2. The summed E-state index contributed by atoms with van der Waals surface area (Å²) in [6, 6.07) is 2.56. The fraction of sp³-hybridized carbons (Fsp3) is 0.333. The molecule has 1 rings (SSSR count). The fourth-order valence-corrected chi connectivity index (χ4v) is 1.45. The van der Waals surface area contributed by atoms with Crippen LogP contribution >= 0.6 is 11.6 Å². The number of amides is 2. The molecule has 0 radical (unpaired) electrons. The third kappa shape index (κ3) is 4.40. The van der Waals surface area contributed by atoms with E-state index in [1.165, 1.54) is 19.1 Å². The van der Waals surface area contributed by atoms with Crippen molar-refractivity contribution in [3.8, 4) is 0 Å². The van der Waals surface area contributed by atoms with E-state index >= 15 is 0 Å². The first-order valence-corrected chi connectivity index (χ1v) is 5.94. The maximum atomic E-state index is 13.4. The number of carbonyl (C=O) groups is 2. The Bertz CT molecular complexity index is 496. The predicted octanol–water partition coefficient (Wildman–Crippen LogP) is 2.71. The summed E-state index contributed by atoms with van der Waals surface area (Å²) in [6.07, 6.45) is 0. The molecule has 1 aromatic carbocycles. The number of carbonyl (C=O) groups excluding carboxylic acids is 1. The summed E-state index contributed by atoms with van der Waals surface area (Å²) >= 11 is 5.58. The van der Waals surface area contributed by atoms with Gasteiger partial charge in [0.05, 0.1) is 11.6 Å². The molecule has 5 nitrogen and oxygen atoms in total. The molecular weight excluding hydrogens is 275 g/mol. The first kappa shape index (κ1) is 15.2. The van der Waals surface area contributed by atoms with E-state index in [1.807, 2.05) is 0 Å². The van der Waals surface area contributed by atoms with Gasteiger partial charge in [-0.15, -0.1) is 0 Å². The average Bonchev–Trinajstić information content (AvgIpc) is 2.31. The van der Waals surface area contributed by atoms with E-state index < -0.39 is 29.8 Å². The first-order valence-electron chi connectivity index (χ1n) is 5.56. The van der Waals surface area contributed by atoms with Crippen molar-refractivity contribution in [3.05, 3.63) is 29.0 Å². The first-order chi connectivity index (χ1) is 8.81. The van der Waals surface area contributed by atoms with Gasteiger partial charge in [-0.2, -0.15) is 0 Å². The Balaban J connectivity index is 2.63. The predicted molar refractivity (Wildman–Crippen MR) is 69.8 cm³/mol. The zero-order valence-electron chi connectivity index (χ0n) is 10.4. The molecule has 0 aliphatic heterocycles. The lowest BCUT2D eigenvalue weighted by atomic mass is 10.0. The van der Waals surface area contributed by atoms with E-state index in [0.29, 0.717) is 0 Å². The second-order valence-corrected chi connectivity index (χ2v) is 4.57. The van der Waals surface area contributed by atoms with Crippen LogP contribution in [0.15, 0.2) is 18.2 Å². The molecular formula is C12H14ClFN2O3. The van der Waals surface area contributed by atoms with Gasteiger partial charge in [-0.05, 0) is 32.0 Å². The van der Waals surface area contributed by atoms with Gasteiger partial charge in [-0.3, -0.25) is 4.79 Å². The van der Waals surface area contributed by atoms with Crippen LogP contribution in [0.2, 0.25) is 5.02 Å². The summed E-state index contributed by atoms with van der Waals surface area (Å²) in [7, 11) is 0. The molecule has 0 saturated heterocycles. The van der Waals surface area contributed by atoms with Gasteiger partial charge < -0.3 is 15.7 Å². The Kier molecular flexibility index (Phi) is 5.11. The van der Waals surface area contributed by atoms with Gasteiger partial charge in [-0.1, -0.05) is 11.6 Å². The van der Waals surface area contributed by atoms with Crippen LogP contribution in [-0.2, 0) is 4.79 Å². The van der Waals surface area contributed by atoms with Crippen molar-refractivity contribution in [1.82, 2.24) is 5.32 Å². The Hall–Kier alpha value is -1.82. The number of hydrogen-bond donors (Lipinski definition) is 3. The van der Waals surface area contributed by atoms with E-state index in [9.17, 15) is 14.0 Å². The minimum Gasteiger partial charge on any atom is -0.481 e. The van der Waals surface area contributed by atoms with Crippen molar-refractivity contribution < 1.29 is 19.1 Å². The molecule has 1 aromatic rings. The van der Waals surface area contributed by atoms with Gasteiger partial charge >= 0.3 is 12.0 Å². The number of urea groups is 1. The van der Waals surface area contributed by atoms with E-state index in [0.717, 1.165) is 6.07 Å². The second kappa shape index (κ2) is 6.38. The van der Waals surface area contributed by atoms with Crippen LogP contribution in [0.25, 0.3) is 0 Å². The Morgan fingerprint density at radius 2 is 2.00 bits per heavy atom. The molecule has 0 aromatic heterocycles. The second-order valence-electron chi connectivity index (χ2n) is 4.14. The number of carboxylic acid groups (broad SMARTS) is 1. The van der Waals surface area contributed by atoms with Crippen molar-refractivity contribution in [2.75, 3.05) is 5.32 Å². The number of rotatable bonds is 4. The Morgan fingerprint density at radius 3 is 2.53 bits per heavy atom. The van der Waals surface area contributed by atoms with Crippen molar-refractivity contribution in [2.24, 2.45) is 5.92 Å². The number of nitrogens with one attached hydrogen (secondary N) is 2. The number of halogens is 2. The zero-order chi connectivity index (χ0) is 14.6. The molecule has 104 valence electrons. The molecule has 2 unspecified atom stereocenters. The number of anilines is 1. The molecule has 0 fully saturated rings. The molecule has 19 heavy (non-hydrogen) atoms. The number of benzene rings is 1. The highest BCUT2D eigenvalue weighted by Gasteiger charge is 2.21. The number of carboxylic acids is 1. The minimum absolute atomic E-state index is 0.0305. The minimum atomic E-state index is -1.02. The molecule has 0 aliphatic rings. The van der Waals surface area contributed by atoms with Gasteiger partial charge in [0.1, 0.15) is 5.82 Å². The summed E-state index contributed by atoms with van der Waals surface area (Å²) in [5, 5.41) is 13.7. The lowest BCUT2D eigenvalue weighted by molar-refractivity contribution is -0.141. The summed E-state index contributed by atoms with van der Waals surface area (Å²) < 4.78 is 13.4. The van der Waals surface area contributed by atoms with Crippen LogP contribution in [0.3, 0.4) is 0 Å². The van der Waals surface area contributed by atoms with E-state index in [4.69, 9.17) is 16.7 Å². The Labute approximate surface area is 114 Å². The quantitative estimate of drug-likeness (QED) is 0.797. The highest BCUT2D eigenvalue weighted by atomic mass is 35.5. The maximum absolute atomic E-state index is 13.4. The van der Waals surface area contributed by atoms with Gasteiger partial charge in [-0.25, -0.2) is 9.18 Å². The molecule has 2 atom stereocenters. The van der Waals surface area contributed by atoms with Crippen molar-refractivity contribution in [1.29, 1.82) is 0 Å². The monoisotopic (exact) mass is 288 g/mol. The van der Waals surface area contributed by atoms with Crippen molar-refractivity contribution >= 4 is 29.3 Å². The average molecular weight is 289 g/mol. The van der Waals surface area contributed by atoms with Gasteiger partial charge in [0.2, 0.25) is 0 Å². The summed E-state index contributed by atoms with van der Waals surface area (Å²) in [5.41, 5.74) is -0.0305. The highest BCUT2D eigenvalue weighted by molar-refractivity contribution is 6.30. The van der Waals surface area contributed by atoms with Crippen LogP contribution in [0.5, 0.6) is 0 Å². The molecule has 3 N–H and O–H groups in total. The third-order valence-corrected chi connectivity index (χ3v) is 2.91. The molecule has 0 aliphatic carbocycles. The molecule has 0 heterocycles. The molecule has 0 bridgehead atoms. The van der Waals surface area contributed by atoms with E-state index in [-0.39, 0.29) is 10.7 Å². The van der Waals surface area contributed by atoms with E-state index in [1.54, 1.807) is 6.92 Å². The van der Waals surface area contributed by atoms with Crippen LogP contribution in [0, 0.1) is 11.7 Å². The smallest absolute Gasteiger partial charge is 0.319 e. The normalized spacial score (nSPS) is 13.5.